The van der Waals surface area contributed by atoms with E-state index in [1.807, 2.05) is 18.2 Å². The molecule has 0 amide bonds. The van der Waals surface area contributed by atoms with E-state index in [4.69, 9.17) is 5.11 Å². The maximum Gasteiger partial charge on any atom is 0.303 e. The Kier molecular flexibility index (Phi) is 3.42. The molecule has 0 saturated heterocycles. The summed E-state index contributed by atoms with van der Waals surface area (Å²) in [5.74, 6) is -0.579. The maximum absolute atomic E-state index is 11.5. The molecule has 0 radical (unpaired) electrons. The first-order chi connectivity index (χ1) is 8.16. The number of hydrogen-bond donors (Lipinski definition) is 2. The van der Waals surface area contributed by atoms with E-state index in [2.05, 4.69) is 5.32 Å². The lowest BCUT2D eigenvalue weighted by Crippen LogP contribution is -2.05. The summed E-state index contributed by atoms with van der Waals surface area (Å²) in [5, 5.41) is 11.6. The summed E-state index contributed by atoms with van der Waals surface area (Å²) in [4.78, 5) is 21.9. The van der Waals surface area contributed by atoms with E-state index < -0.39 is 5.97 Å². The van der Waals surface area contributed by atoms with Crippen LogP contribution in [0.4, 0.5) is 5.69 Å². The highest BCUT2D eigenvalue weighted by atomic mass is 16.4. The molecule has 0 spiro atoms. The standard InChI is InChI=1S/C13H15NO3/c15-12-6-4-9-3-5-10(8-11(9)12)14-7-1-2-13(16)17/h3,5,8,14H,1-2,4,6-7H2,(H,16,17). The predicted molar refractivity (Wildman–Crippen MR) is 64.5 cm³/mol. The second-order valence-corrected chi connectivity index (χ2v) is 4.22. The molecule has 0 unspecified atom stereocenters. The summed E-state index contributed by atoms with van der Waals surface area (Å²) in [6.07, 6.45) is 2.20. The number of rotatable bonds is 5. The molecule has 4 nitrogen and oxygen atoms in total. The van der Waals surface area contributed by atoms with Gasteiger partial charge in [-0.05, 0) is 30.5 Å². The first-order valence-electron chi connectivity index (χ1n) is 5.78. The van der Waals surface area contributed by atoms with Crippen LogP contribution >= 0.6 is 0 Å². The van der Waals surface area contributed by atoms with Crippen molar-refractivity contribution < 1.29 is 14.7 Å². The molecule has 0 bridgehead atoms. The van der Waals surface area contributed by atoms with E-state index in [0.717, 1.165) is 23.2 Å². The second kappa shape index (κ2) is 4.99. The molecule has 0 heterocycles. The molecule has 2 N–H and O–H groups in total. The normalized spacial score (nSPS) is 13.5. The quantitative estimate of drug-likeness (QED) is 0.764. The van der Waals surface area contributed by atoms with Crippen molar-refractivity contribution in [2.24, 2.45) is 0 Å². The van der Waals surface area contributed by atoms with Gasteiger partial charge in [0, 0.05) is 30.6 Å². The Hall–Kier alpha value is -1.84. The van der Waals surface area contributed by atoms with Gasteiger partial charge in [-0.25, -0.2) is 0 Å². The average molecular weight is 233 g/mol. The minimum atomic E-state index is -0.782. The van der Waals surface area contributed by atoms with E-state index >= 15 is 0 Å². The van der Waals surface area contributed by atoms with Gasteiger partial charge in [0.05, 0.1) is 0 Å². The zero-order chi connectivity index (χ0) is 12.3. The first-order valence-corrected chi connectivity index (χ1v) is 5.78. The van der Waals surface area contributed by atoms with Crippen LogP contribution in [-0.2, 0) is 11.2 Å². The van der Waals surface area contributed by atoms with Crippen molar-refractivity contribution in [2.75, 3.05) is 11.9 Å². The Bertz CT molecular complexity index is 454. The average Bonchev–Trinajstić information content (AvgIpc) is 2.66. The van der Waals surface area contributed by atoms with Crippen molar-refractivity contribution >= 4 is 17.4 Å². The highest BCUT2D eigenvalue weighted by Gasteiger charge is 2.19. The van der Waals surface area contributed by atoms with Gasteiger partial charge >= 0.3 is 5.97 Å². The van der Waals surface area contributed by atoms with Crippen molar-refractivity contribution in [3.8, 4) is 0 Å². The molecule has 0 fully saturated rings. The summed E-state index contributed by atoms with van der Waals surface area (Å²) >= 11 is 0. The van der Waals surface area contributed by atoms with Crippen molar-refractivity contribution in [1.82, 2.24) is 0 Å². The third-order valence-electron chi connectivity index (χ3n) is 2.93. The van der Waals surface area contributed by atoms with E-state index in [1.165, 1.54) is 0 Å². The van der Waals surface area contributed by atoms with Gasteiger partial charge < -0.3 is 10.4 Å². The van der Waals surface area contributed by atoms with Crippen molar-refractivity contribution in [2.45, 2.75) is 25.7 Å². The highest BCUT2D eigenvalue weighted by molar-refractivity contribution is 6.01. The third-order valence-corrected chi connectivity index (χ3v) is 2.93. The van der Waals surface area contributed by atoms with Crippen LogP contribution in [0.1, 0.15) is 35.2 Å². The predicted octanol–water partition coefficient (Wildman–Crippen LogP) is 2.09. The van der Waals surface area contributed by atoms with Gasteiger partial charge in [-0.1, -0.05) is 6.07 Å². The van der Waals surface area contributed by atoms with E-state index in [1.54, 1.807) is 0 Å². The van der Waals surface area contributed by atoms with E-state index in [0.29, 0.717) is 19.4 Å². The van der Waals surface area contributed by atoms with Crippen molar-refractivity contribution in [3.63, 3.8) is 0 Å². The number of carboxylic acid groups (broad SMARTS) is 1. The monoisotopic (exact) mass is 233 g/mol. The molecule has 0 aliphatic heterocycles. The number of carboxylic acids is 1. The number of fused-ring (bicyclic) bond motifs is 1. The summed E-state index contributed by atoms with van der Waals surface area (Å²) in [7, 11) is 0. The summed E-state index contributed by atoms with van der Waals surface area (Å²) in [6.45, 7) is 0.610. The van der Waals surface area contributed by atoms with Crippen LogP contribution in [0.5, 0.6) is 0 Å². The second-order valence-electron chi connectivity index (χ2n) is 4.22. The number of aryl methyl sites for hydroxylation is 1. The zero-order valence-electron chi connectivity index (χ0n) is 9.53. The van der Waals surface area contributed by atoms with Gasteiger partial charge in [0.15, 0.2) is 5.78 Å². The number of Topliss-reactive ketones (excluding diaryl/α,β-unsaturated/α-hetero) is 1. The number of nitrogens with one attached hydrogen (secondary N) is 1. The molecule has 90 valence electrons. The lowest BCUT2D eigenvalue weighted by molar-refractivity contribution is -0.137. The minimum absolute atomic E-state index is 0.164. The number of hydrogen-bond acceptors (Lipinski definition) is 3. The minimum Gasteiger partial charge on any atom is -0.481 e. The fourth-order valence-electron chi connectivity index (χ4n) is 2.02. The zero-order valence-corrected chi connectivity index (χ0v) is 9.53. The number of carbonyl (C=O) groups excluding carboxylic acids is 1. The van der Waals surface area contributed by atoms with E-state index in [9.17, 15) is 9.59 Å². The van der Waals surface area contributed by atoms with Gasteiger partial charge in [0.25, 0.3) is 0 Å². The summed E-state index contributed by atoms with van der Waals surface area (Å²) in [6, 6.07) is 5.78. The van der Waals surface area contributed by atoms with Gasteiger partial charge in [-0.15, -0.1) is 0 Å². The number of carbonyl (C=O) groups is 2. The van der Waals surface area contributed by atoms with Gasteiger partial charge in [-0.3, -0.25) is 9.59 Å². The maximum atomic E-state index is 11.5. The largest absolute Gasteiger partial charge is 0.481 e. The Morgan fingerprint density at radius 3 is 2.94 bits per heavy atom. The topological polar surface area (TPSA) is 66.4 Å². The van der Waals surface area contributed by atoms with Gasteiger partial charge in [0.2, 0.25) is 0 Å². The molecule has 17 heavy (non-hydrogen) atoms. The fourth-order valence-corrected chi connectivity index (χ4v) is 2.02. The lowest BCUT2D eigenvalue weighted by Gasteiger charge is -2.07. The molecule has 1 aliphatic rings. The molecule has 0 saturated carbocycles. The van der Waals surface area contributed by atoms with Gasteiger partial charge in [-0.2, -0.15) is 0 Å². The molecule has 1 aromatic carbocycles. The van der Waals surface area contributed by atoms with Crippen LogP contribution < -0.4 is 5.32 Å². The molecule has 0 aromatic heterocycles. The Morgan fingerprint density at radius 2 is 2.18 bits per heavy atom. The number of anilines is 1. The Balaban J connectivity index is 1.92. The van der Waals surface area contributed by atoms with Crippen LogP contribution in [0.3, 0.4) is 0 Å². The molecule has 1 aliphatic carbocycles. The molecular weight excluding hydrogens is 218 g/mol. The molecule has 1 aromatic rings. The van der Waals surface area contributed by atoms with Crippen LogP contribution in [0.15, 0.2) is 18.2 Å². The summed E-state index contributed by atoms with van der Waals surface area (Å²) < 4.78 is 0. The molecular formula is C13H15NO3. The lowest BCUT2D eigenvalue weighted by atomic mass is 10.1. The van der Waals surface area contributed by atoms with Crippen molar-refractivity contribution in [3.05, 3.63) is 29.3 Å². The molecule has 2 rings (SSSR count). The smallest absolute Gasteiger partial charge is 0.303 e. The number of aliphatic carboxylic acids is 1. The van der Waals surface area contributed by atoms with Crippen LogP contribution in [0.2, 0.25) is 0 Å². The summed E-state index contributed by atoms with van der Waals surface area (Å²) in [5.41, 5.74) is 2.82. The number of ketones is 1. The molecule has 4 heteroatoms. The third kappa shape index (κ3) is 2.84. The SMILES string of the molecule is O=C(O)CCCNc1ccc2c(c1)C(=O)CC2. The Labute approximate surface area is 99.6 Å². The van der Waals surface area contributed by atoms with Crippen LogP contribution in [-0.4, -0.2) is 23.4 Å². The van der Waals surface area contributed by atoms with Gasteiger partial charge in [0.1, 0.15) is 0 Å². The highest BCUT2D eigenvalue weighted by Crippen LogP contribution is 2.24. The van der Waals surface area contributed by atoms with Crippen molar-refractivity contribution in [1.29, 1.82) is 0 Å². The van der Waals surface area contributed by atoms with E-state index in [-0.39, 0.29) is 12.2 Å². The fraction of sp³-hybridized carbons (Fsp3) is 0.385. The molecule has 0 atom stereocenters. The number of benzene rings is 1. The van der Waals surface area contributed by atoms with Crippen LogP contribution in [0.25, 0.3) is 0 Å². The Morgan fingerprint density at radius 1 is 1.35 bits per heavy atom. The first kappa shape index (κ1) is 11.6. The van der Waals surface area contributed by atoms with Crippen LogP contribution in [0, 0.1) is 0 Å².